The molecule has 24 heavy (non-hydrogen) atoms. The van der Waals surface area contributed by atoms with Crippen LogP contribution in [0.2, 0.25) is 0 Å². The maximum atomic E-state index is 14.3. The Morgan fingerprint density at radius 3 is 2.58 bits per heavy atom. The first-order valence-electron chi connectivity index (χ1n) is 7.49. The number of nitrogens with zero attached hydrogens (tertiary/aromatic N) is 2. The first kappa shape index (κ1) is 16.8. The van der Waals surface area contributed by atoms with Crippen molar-refractivity contribution < 1.29 is 22.3 Å². The van der Waals surface area contributed by atoms with E-state index < -0.39 is 17.6 Å². The largest absolute Gasteiger partial charge is 0.419 e. The van der Waals surface area contributed by atoms with E-state index in [1.54, 1.807) is 6.08 Å². The standard InChI is InChI=1S/C15H16F4N4O/c16-11-5-9(13-8-20-3-4-24-13)1-2-12(11)23-14-21-6-10(7-22-14)15(17,18)19/h1-2,6-7,9,13,20H,3-5,8H2,(H,21,22,23)/t9?,13-/m1/s1. The number of rotatable bonds is 3. The molecule has 0 radical (unpaired) electrons. The summed E-state index contributed by atoms with van der Waals surface area (Å²) in [5, 5.41) is 5.80. The number of allylic oxidation sites excluding steroid dienone is 2. The highest BCUT2D eigenvalue weighted by Crippen LogP contribution is 2.30. The van der Waals surface area contributed by atoms with Crippen LogP contribution in [-0.4, -0.2) is 35.8 Å². The maximum Gasteiger partial charge on any atom is 0.419 e. The fraction of sp³-hybridized carbons (Fsp3) is 0.467. The summed E-state index contributed by atoms with van der Waals surface area (Å²) in [7, 11) is 0. The van der Waals surface area contributed by atoms with Crippen LogP contribution >= 0.6 is 0 Å². The fourth-order valence-corrected chi connectivity index (χ4v) is 2.58. The molecule has 0 spiro atoms. The monoisotopic (exact) mass is 344 g/mol. The minimum Gasteiger partial charge on any atom is -0.375 e. The van der Waals surface area contributed by atoms with Crippen molar-refractivity contribution >= 4 is 5.95 Å². The summed E-state index contributed by atoms with van der Waals surface area (Å²) in [5.41, 5.74) is -0.807. The van der Waals surface area contributed by atoms with Gasteiger partial charge in [0.2, 0.25) is 5.95 Å². The zero-order chi connectivity index (χ0) is 17.2. The second kappa shape index (κ2) is 6.86. The zero-order valence-corrected chi connectivity index (χ0v) is 12.6. The van der Waals surface area contributed by atoms with Crippen LogP contribution in [-0.2, 0) is 10.9 Å². The molecule has 1 aliphatic carbocycles. The maximum absolute atomic E-state index is 14.3. The van der Waals surface area contributed by atoms with Gasteiger partial charge in [-0.3, -0.25) is 0 Å². The van der Waals surface area contributed by atoms with Gasteiger partial charge in [0.1, 0.15) is 5.83 Å². The predicted octanol–water partition coefficient (Wildman–Crippen LogP) is 2.65. The molecule has 1 fully saturated rings. The molecule has 1 aliphatic heterocycles. The molecule has 0 aromatic carbocycles. The smallest absolute Gasteiger partial charge is 0.375 e. The van der Waals surface area contributed by atoms with Crippen molar-refractivity contribution in [3.63, 3.8) is 0 Å². The van der Waals surface area contributed by atoms with Crippen molar-refractivity contribution in [2.45, 2.75) is 18.7 Å². The predicted molar refractivity (Wildman–Crippen MR) is 78.6 cm³/mol. The van der Waals surface area contributed by atoms with Crippen LogP contribution in [0.5, 0.6) is 0 Å². The van der Waals surface area contributed by atoms with Gasteiger partial charge in [0.05, 0.1) is 24.0 Å². The number of halogens is 4. The summed E-state index contributed by atoms with van der Waals surface area (Å²) in [6.07, 6.45) is 0.246. The van der Waals surface area contributed by atoms with E-state index in [1.807, 2.05) is 6.08 Å². The van der Waals surface area contributed by atoms with Crippen LogP contribution in [0.25, 0.3) is 0 Å². The van der Waals surface area contributed by atoms with Gasteiger partial charge < -0.3 is 15.4 Å². The summed E-state index contributed by atoms with van der Waals surface area (Å²) in [5.74, 6) is -0.580. The highest BCUT2D eigenvalue weighted by Gasteiger charge is 2.31. The van der Waals surface area contributed by atoms with Crippen LogP contribution in [0.4, 0.5) is 23.5 Å². The molecule has 2 heterocycles. The Morgan fingerprint density at radius 2 is 2.00 bits per heavy atom. The molecule has 0 bridgehead atoms. The Kier molecular flexibility index (Phi) is 4.81. The lowest BCUT2D eigenvalue weighted by molar-refractivity contribution is -0.138. The third-order valence-corrected chi connectivity index (χ3v) is 3.88. The molecule has 0 saturated carbocycles. The third-order valence-electron chi connectivity index (χ3n) is 3.88. The Balaban J connectivity index is 1.64. The first-order chi connectivity index (χ1) is 11.4. The molecule has 1 saturated heterocycles. The van der Waals surface area contributed by atoms with Gasteiger partial charge in [-0.1, -0.05) is 6.08 Å². The van der Waals surface area contributed by atoms with E-state index >= 15 is 0 Å². The van der Waals surface area contributed by atoms with Gasteiger partial charge in [-0.15, -0.1) is 0 Å². The molecule has 3 rings (SSSR count). The van der Waals surface area contributed by atoms with Crippen molar-refractivity contribution in [1.82, 2.24) is 15.3 Å². The Hall–Kier alpha value is -2.00. The molecule has 130 valence electrons. The van der Waals surface area contributed by atoms with Crippen LogP contribution in [0.15, 0.2) is 36.1 Å². The number of aromatic nitrogens is 2. The number of nitrogens with one attached hydrogen (secondary N) is 2. The molecule has 1 unspecified atom stereocenters. The summed E-state index contributed by atoms with van der Waals surface area (Å²) >= 11 is 0. The van der Waals surface area contributed by atoms with Gasteiger partial charge in [-0.2, -0.15) is 13.2 Å². The highest BCUT2D eigenvalue weighted by atomic mass is 19.4. The Morgan fingerprint density at radius 1 is 1.25 bits per heavy atom. The van der Waals surface area contributed by atoms with Gasteiger partial charge >= 0.3 is 6.18 Å². The Bertz CT molecular complexity index is 636. The van der Waals surface area contributed by atoms with E-state index in [0.717, 1.165) is 6.54 Å². The lowest BCUT2D eigenvalue weighted by Crippen LogP contribution is -2.42. The van der Waals surface area contributed by atoms with Crippen molar-refractivity contribution in [2.24, 2.45) is 5.92 Å². The Labute approximate surface area is 135 Å². The lowest BCUT2D eigenvalue weighted by Gasteiger charge is -2.30. The number of anilines is 1. The number of morpholine rings is 1. The summed E-state index contributed by atoms with van der Waals surface area (Å²) in [6, 6.07) is 0. The van der Waals surface area contributed by atoms with Crippen molar-refractivity contribution in [3.8, 4) is 0 Å². The van der Waals surface area contributed by atoms with E-state index in [4.69, 9.17) is 4.74 Å². The highest BCUT2D eigenvalue weighted by molar-refractivity contribution is 5.43. The van der Waals surface area contributed by atoms with Gasteiger partial charge in [0.25, 0.3) is 0 Å². The molecule has 1 aromatic heterocycles. The molecular weight excluding hydrogens is 328 g/mol. The van der Waals surface area contributed by atoms with E-state index in [-0.39, 0.29) is 30.1 Å². The molecule has 5 nitrogen and oxygen atoms in total. The number of ether oxygens (including phenoxy) is 1. The number of hydrogen-bond acceptors (Lipinski definition) is 5. The molecular formula is C15H16F4N4O. The van der Waals surface area contributed by atoms with Crippen molar-refractivity contribution in [2.75, 3.05) is 25.0 Å². The molecule has 1 aromatic rings. The molecule has 2 N–H and O–H groups in total. The third kappa shape index (κ3) is 3.90. The average molecular weight is 344 g/mol. The van der Waals surface area contributed by atoms with E-state index in [9.17, 15) is 17.6 Å². The van der Waals surface area contributed by atoms with E-state index in [0.29, 0.717) is 25.5 Å². The van der Waals surface area contributed by atoms with Gasteiger partial charge in [-0.05, 0) is 6.08 Å². The second-order valence-electron chi connectivity index (χ2n) is 5.58. The number of hydrogen-bond donors (Lipinski definition) is 2. The summed E-state index contributed by atoms with van der Waals surface area (Å²) < 4.78 is 57.3. The normalized spacial score (nSPS) is 25.0. The van der Waals surface area contributed by atoms with Gasteiger partial charge in [0, 0.05) is 37.8 Å². The SMILES string of the molecule is FC1=C(Nc2ncc(C(F)(F)F)cn2)C=CC([C@H]2CNCCO2)C1. The van der Waals surface area contributed by atoms with Crippen LogP contribution in [0.3, 0.4) is 0 Å². The van der Waals surface area contributed by atoms with Crippen LogP contribution < -0.4 is 10.6 Å². The second-order valence-corrected chi connectivity index (χ2v) is 5.58. The van der Waals surface area contributed by atoms with E-state index in [1.165, 1.54) is 0 Å². The van der Waals surface area contributed by atoms with Gasteiger partial charge in [0.15, 0.2) is 0 Å². The minimum atomic E-state index is -4.50. The average Bonchev–Trinajstić information content (AvgIpc) is 2.57. The first-order valence-corrected chi connectivity index (χ1v) is 7.49. The van der Waals surface area contributed by atoms with Crippen LogP contribution in [0, 0.1) is 5.92 Å². The minimum absolute atomic E-state index is 0.0862. The molecule has 0 amide bonds. The van der Waals surface area contributed by atoms with Gasteiger partial charge in [-0.25, -0.2) is 14.4 Å². The molecule has 2 atom stereocenters. The quantitative estimate of drug-likeness (QED) is 0.826. The fourth-order valence-electron chi connectivity index (χ4n) is 2.58. The number of alkyl halides is 3. The molecule has 2 aliphatic rings. The molecule has 9 heteroatoms. The lowest BCUT2D eigenvalue weighted by atomic mass is 9.92. The zero-order valence-electron chi connectivity index (χ0n) is 12.6. The van der Waals surface area contributed by atoms with Crippen molar-refractivity contribution in [3.05, 3.63) is 41.6 Å². The van der Waals surface area contributed by atoms with E-state index in [2.05, 4.69) is 20.6 Å². The van der Waals surface area contributed by atoms with Crippen LogP contribution in [0.1, 0.15) is 12.0 Å². The van der Waals surface area contributed by atoms with Crippen molar-refractivity contribution in [1.29, 1.82) is 0 Å². The summed E-state index contributed by atoms with van der Waals surface area (Å²) in [6.45, 7) is 2.03. The topological polar surface area (TPSA) is 59.1 Å². The summed E-state index contributed by atoms with van der Waals surface area (Å²) in [4.78, 5) is 7.14.